The van der Waals surface area contributed by atoms with Gasteiger partial charge in [-0.3, -0.25) is 9.69 Å². The van der Waals surface area contributed by atoms with Gasteiger partial charge in [-0.25, -0.2) is 0 Å². The van der Waals surface area contributed by atoms with Crippen molar-refractivity contribution in [2.75, 3.05) is 6.54 Å². The molecule has 4 nitrogen and oxygen atoms in total. The molecule has 2 atom stereocenters. The first-order valence-corrected chi connectivity index (χ1v) is 7.06. The maximum Gasteiger partial charge on any atom is 0.573 e. The van der Waals surface area contributed by atoms with Gasteiger partial charge in [-0.2, -0.15) is 0 Å². The van der Waals surface area contributed by atoms with Gasteiger partial charge < -0.3 is 9.84 Å². The molecule has 0 saturated carbocycles. The van der Waals surface area contributed by atoms with Crippen molar-refractivity contribution in [2.45, 2.75) is 38.7 Å². The number of aliphatic carboxylic acids is 1. The number of hydrogen-bond donors (Lipinski definition) is 1. The van der Waals surface area contributed by atoms with Gasteiger partial charge in [0, 0.05) is 19.1 Å². The lowest BCUT2D eigenvalue weighted by atomic mass is 9.93. The molecule has 0 bridgehead atoms. The maximum absolute atomic E-state index is 12.2. The van der Waals surface area contributed by atoms with Gasteiger partial charge in [-0.05, 0) is 37.5 Å². The molecule has 7 heteroatoms. The number of carboxylic acids is 1. The van der Waals surface area contributed by atoms with Crippen LogP contribution in [0, 0.1) is 5.92 Å². The minimum absolute atomic E-state index is 0.197. The zero-order valence-corrected chi connectivity index (χ0v) is 12.1. The number of hydrogen-bond acceptors (Lipinski definition) is 3. The van der Waals surface area contributed by atoms with Crippen molar-refractivity contribution in [1.29, 1.82) is 0 Å². The molecule has 0 radical (unpaired) electrons. The molecule has 122 valence electrons. The third-order valence-electron chi connectivity index (χ3n) is 3.88. The summed E-state index contributed by atoms with van der Waals surface area (Å²) in [6.07, 6.45) is -3.33. The summed E-state index contributed by atoms with van der Waals surface area (Å²) in [6, 6.07) is 5.99. The summed E-state index contributed by atoms with van der Waals surface area (Å²) >= 11 is 0. The number of nitrogens with zero attached hydrogens (tertiary/aromatic N) is 1. The quantitative estimate of drug-likeness (QED) is 0.926. The number of ether oxygens (including phenoxy) is 1. The number of halogens is 3. The first-order valence-electron chi connectivity index (χ1n) is 7.06. The van der Waals surface area contributed by atoms with Crippen LogP contribution in [0.5, 0.6) is 5.75 Å². The molecule has 0 spiro atoms. The number of rotatable bonds is 4. The van der Waals surface area contributed by atoms with Gasteiger partial charge in [0.1, 0.15) is 5.75 Å². The summed E-state index contributed by atoms with van der Waals surface area (Å²) in [5, 5.41) is 9.11. The third-order valence-corrected chi connectivity index (χ3v) is 3.88. The minimum atomic E-state index is -4.72. The largest absolute Gasteiger partial charge is 0.573 e. The van der Waals surface area contributed by atoms with Crippen LogP contribution in [0.3, 0.4) is 0 Å². The maximum atomic E-state index is 12.2. The Hall–Kier alpha value is -1.76. The molecule has 0 aromatic heterocycles. The number of piperidine rings is 1. The smallest absolute Gasteiger partial charge is 0.481 e. The Morgan fingerprint density at radius 2 is 2.14 bits per heavy atom. The SMILES string of the molecule is CC1CCC(C(=O)O)CN1Cc1cccc(OC(F)(F)F)c1. The summed E-state index contributed by atoms with van der Waals surface area (Å²) in [5.41, 5.74) is 0.666. The number of likely N-dealkylation sites (tertiary alicyclic amines) is 1. The Morgan fingerprint density at radius 3 is 2.77 bits per heavy atom. The lowest BCUT2D eigenvalue weighted by Gasteiger charge is -2.36. The highest BCUT2D eigenvalue weighted by Crippen LogP contribution is 2.27. The van der Waals surface area contributed by atoms with Crippen molar-refractivity contribution in [2.24, 2.45) is 5.92 Å². The Balaban J connectivity index is 2.06. The second-order valence-electron chi connectivity index (χ2n) is 5.59. The zero-order valence-electron chi connectivity index (χ0n) is 12.1. The van der Waals surface area contributed by atoms with E-state index in [0.29, 0.717) is 25.1 Å². The molecule has 1 saturated heterocycles. The normalized spacial score (nSPS) is 23.3. The van der Waals surface area contributed by atoms with E-state index in [-0.39, 0.29) is 11.8 Å². The number of alkyl halides is 3. The third kappa shape index (κ3) is 4.62. The van der Waals surface area contributed by atoms with Gasteiger partial charge in [0.05, 0.1) is 5.92 Å². The highest BCUT2D eigenvalue weighted by atomic mass is 19.4. The van der Waals surface area contributed by atoms with Gasteiger partial charge in [0.25, 0.3) is 0 Å². The number of benzene rings is 1. The monoisotopic (exact) mass is 317 g/mol. The highest BCUT2D eigenvalue weighted by molar-refractivity contribution is 5.70. The number of carbonyl (C=O) groups is 1. The van der Waals surface area contributed by atoms with Gasteiger partial charge >= 0.3 is 12.3 Å². The molecule has 22 heavy (non-hydrogen) atoms. The van der Waals surface area contributed by atoms with Crippen molar-refractivity contribution in [3.05, 3.63) is 29.8 Å². The van der Waals surface area contributed by atoms with Crippen molar-refractivity contribution < 1.29 is 27.8 Å². The molecule has 1 N–H and O–H groups in total. The van der Waals surface area contributed by atoms with Crippen molar-refractivity contribution >= 4 is 5.97 Å². The predicted molar refractivity (Wildman–Crippen MR) is 73.4 cm³/mol. The van der Waals surface area contributed by atoms with E-state index >= 15 is 0 Å². The molecule has 0 aliphatic carbocycles. The van der Waals surface area contributed by atoms with Crippen LogP contribution in [0.4, 0.5) is 13.2 Å². The van der Waals surface area contributed by atoms with Crippen LogP contribution in [0.25, 0.3) is 0 Å². The molecule has 1 fully saturated rings. The van der Waals surface area contributed by atoms with E-state index in [4.69, 9.17) is 5.11 Å². The molecular weight excluding hydrogens is 299 g/mol. The van der Waals surface area contributed by atoms with Crippen molar-refractivity contribution in [1.82, 2.24) is 4.90 Å². The second kappa shape index (κ2) is 6.56. The molecule has 1 aliphatic heterocycles. The van der Waals surface area contributed by atoms with Gasteiger partial charge in [-0.15, -0.1) is 13.2 Å². The van der Waals surface area contributed by atoms with E-state index in [0.717, 1.165) is 6.42 Å². The van der Waals surface area contributed by atoms with Gasteiger partial charge in [0.15, 0.2) is 0 Å². The van der Waals surface area contributed by atoms with Crippen LogP contribution in [0.15, 0.2) is 24.3 Å². The first-order chi connectivity index (χ1) is 10.2. The van der Waals surface area contributed by atoms with E-state index in [1.807, 2.05) is 11.8 Å². The molecular formula is C15H18F3NO3. The second-order valence-corrected chi connectivity index (χ2v) is 5.59. The van der Waals surface area contributed by atoms with Crippen LogP contribution in [0.2, 0.25) is 0 Å². The highest BCUT2D eigenvalue weighted by Gasteiger charge is 2.32. The topological polar surface area (TPSA) is 49.8 Å². The van der Waals surface area contributed by atoms with Crippen LogP contribution >= 0.6 is 0 Å². The average molecular weight is 317 g/mol. The molecule has 1 aromatic rings. The predicted octanol–water partition coefficient (Wildman–Crippen LogP) is 3.27. The van der Waals surface area contributed by atoms with Crippen molar-refractivity contribution in [3.63, 3.8) is 0 Å². The summed E-state index contributed by atoms with van der Waals surface area (Å²) in [5.74, 6) is -1.51. The van der Waals surface area contributed by atoms with E-state index in [9.17, 15) is 18.0 Å². The van der Waals surface area contributed by atoms with Crippen LogP contribution < -0.4 is 4.74 Å². The number of carboxylic acid groups (broad SMARTS) is 1. The Bertz CT molecular complexity index is 533. The fourth-order valence-electron chi connectivity index (χ4n) is 2.68. The van der Waals surface area contributed by atoms with Gasteiger partial charge in [-0.1, -0.05) is 12.1 Å². The summed E-state index contributed by atoms with van der Waals surface area (Å²) in [4.78, 5) is 13.1. The molecule has 1 aliphatic rings. The van der Waals surface area contributed by atoms with E-state index < -0.39 is 18.2 Å². The minimum Gasteiger partial charge on any atom is -0.481 e. The van der Waals surface area contributed by atoms with E-state index in [1.54, 1.807) is 6.07 Å². The summed E-state index contributed by atoms with van der Waals surface area (Å²) < 4.78 is 40.6. The fourth-order valence-corrected chi connectivity index (χ4v) is 2.68. The summed E-state index contributed by atoms with van der Waals surface area (Å²) in [6.45, 7) is 2.80. The van der Waals surface area contributed by atoms with Crippen molar-refractivity contribution in [3.8, 4) is 5.75 Å². The molecule has 2 rings (SSSR count). The Kier molecular flexibility index (Phi) is 4.95. The first kappa shape index (κ1) is 16.6. The van der Waals surface area contributed by atoms with Crippen LogP contribution in [-0.4, -0.2) is 34.9 Å². The van der Waals surface area contributed by atoms with Gasteiger partial charge in [0.2, 0.25) is 0 Å². The summed E-state index contributed by atoms with van der Waals surface area (Å²) in [7, 11) is 0. The van der Waals surface area contributed by atoms with E-state index in [2.05, 4.69) is 4.74 Å². The lowest BCUT2D eigenvalue weighted by molar-refractivity contribution is -0.274. The molecule has 0 amide bonds. The standard InChI is InChI=1S/C15H18F3NO3/c1-10-5-6-12(14(20)21)9-19(10)8-11-3-2-4-13(7-11)22-15(16,17)18/h2-4,7,10,12H,5-6,8-9H2,1H3,(H,20,21). The Labute approximate surface area is 126 Å². The zero-order chi connectivity index (χ0) is 16.3. The lowest BCUT2D eigenvalue weighted by Crippen LogP contribution is -2.43. The molecule has 1 aromatic carbocycles. The molecule has 1 heterocycles. The fraction of sp³-hybridized carbons (Fsp3) is 0.533. The van der Waals surface area contributed by atoms with E-state index in [1.165, 1.54) is 18.2 Å². The van der Waals surface area contributed by atoms with Crippen LogP contribution in [-0.2, 0) is 11.3 Å². The Morgan fingerprint density at radius 1 is 1.41 bits per heavy atom. The average Bonchev–Trinajstić information content (AvgIpc) is 2.39. The van der Waals surface area contributed by atoms with Crippen LogP contribution in [0.1, 0.15) is 25.3 Å². The molecule has 2 unspecified atom stereocenters.